The maximum absolute atomic E-state index is 13.5. The summed E-state index contributed by atoms with van der Waals surface area (Å²) in [5.74, 6) is 0.426. The van der Waals surface area contributed by atoms with Crippen LogP contribution in [0.25, 0.3) is 23.0 Å². The standard InChI is InChI=1S/C29H32N4O3S3/c1-3-4-15-32-28(34)26(38-29(32)37)19-23-20-33(24-10-6-5-7-11-24)30-27(23)22-9-8-12-25(18-22)39(35,36)31-16-13-21(2)14-17-31/h5-12,18-21H,3-4,13-17H2,1-2H3/b26-19-. The molecule has 1 aromatic heterocycles. The van der Waals surface area contributed by atoms with Crippen LogP contribution in [0.3, 0.4) is 0 Å². The third kappa shape index (κ3) is 5.89. The second kappa shape index (κ2) is 11.8. The number of aromatic nitrogens is 2. The Morgan fingerprint density at radius 3 is 2.56 bits per heavy atom. The number of thioether (sulfide) groups is 1. The highest BCUT2D eigenvalue weighted by Crippen LogP contribution is 2.36. The van der Waals surface area contributed by atoms with Crippen LogP contribution in [0.1, 0.15) is 45.1 Å². The number of rotatable bonds is 8. The van der Waals surface area contributed by atoms with Crippen LogP contribution in [-0.2, 0) is 14.8 Å². The highest BCUT2D eigenvalue weighted by molar-refractivity contribution is 8.26. The summed E-state index contributed by atoms with van der Waals surface area (Å²) in [6.45, 7) is 5.90. The summed E-state index contributed by atoms with van der Waals surface area (Å²) in [6, 6.07) is 16.6. The monoisotopic (exact) mass is 580 g/mol. The number of amides is 1. The molecule has 2 fully saturated rings. The zero-order valence-corrected chi connectivity index (χ0v) is 24.6. The first-order chi connectivity index (χ1) is 18.8. The van der Waals surface area contributed by atoms with Gasteiger partial charge < -0.3 is 0 Å². The van der Waals surface area contributed by atoms with Crippen LogP contribution in [0.15, 0.2) is 70.6 Å². The minimum Gasteiger partial charge on any atom is -0.293 e. The Hall–Kier alpha value is -2.79. The predicted octanol–water partition coefficient (Wildman–Crippen LogP) is 5.96. The van der Waals surface area contributed by atoms with Crippen molar-refractivity contribution in [3.8, 4) is 16.9 Å². The molecule has 7 nitrogen and oxygen atoms in total. The van der Waals surface area contributed by atoms with Crippen molar-refractivity contribution in [1.82, 2.24) is 19.0 Å². The lowest BCUT2D eigenvalue weighted by Crippen LogP contribution is -2.37. The molecule has 0 saturated carbocycles. The van der Waals surface area contributed by atoms with Crippen molar-refractivity contribution in [2.24, 2.45) is 5.92 Å². The van der Waals surface area contributed by atoms with E-state index in [0.717, 1.165) is 36.9 Å². The first-order valence-corrected chi connectivity index (χ1v) is 16.0. The highest BCUT2D eigenvalue weighted by atomic mass is 32.2. The lowest BCUT2D eigenvalue weighted by Gasteiger charge is -2.29. The summed E-state index contributed by atoms with van der Waals surface area (Å²) in [4.78, 5) is 15.6. The van der Waals surface area contributed by atoms with E-state index in [1.807, 2.05) is 48.7 Å². The van der Waals surface area contributed by atoms with Crippen LogP contribution < -0.4 is 0 Å². The molecule has 1 amide bonds. The van der Waals surface area contributed by atoms with Crippen LogP contribution in [0.5, 0.6) is 0 Å². The Balaban J connectivity index is 1.55. The van der Waals surface area contributed by atoms with Gasteiger partial charge in [-0.25, -0.2) is 13.1 Å². The van der Waals surface area contributed by atoms with Crippen molar-refractivity contribution in [2.45, 2.75) is 44.4 Å². The largest absolute Gasteiger partial charge is 0.293 e. The lowest BCUT2D eigenvalue weighted by atomic mass is 10.0. The van der Waals surface area contributed by atoms with Crippen molar-refractivity contribution in [3.05, 3.63) is 71.3 Å². The summed E-state index contributed by atoms with van der Waals surface area (Å²) in [7, 11) is -3.63. The average molecular weight is 581 g/mol. The van der Waals surface area contributed by atoms with Gasteiger partial charge in [0.25, 0.3) is 5.91 Å². The summed E-state index contributed by atoms with van der Waals surface area (Å²) < 4.78 is 30.9. The Bertz CT molecular complexity index is 1510. The van der Waals surface area contributed by atoms with Gasteiger partial charge in [-0.2, -0.15) is 9.40 Å². The molecule has 39 heavy (non-hydrogen) atoms. The number of thiocarbonyl (C=S) groups is 1. The molecule has 3 heterocycles. The van der Waals surface area contributed by atoms with E-state index >= 15 is 0 Å². The van der Waals surface area contributed by atoms with Crippen LogP contribution in [0.4, 0.5) is 0 Å². The minimum absolute atomic E-state index is 0.104. The second-order valence-corrected chi connectivity index (χ2v) is 13.6. The maximum Gasteiger partial charge on any atom is 0.266 e. The number of piperidine rings is 1. The van der Waals surface area contributed by atoms with E-state index in [0.29, 0.717) is 46.0 Å². The topological polar surface area (TPSA) is 75.5 Å². The third-order valence-electron chi connectivity index (χ3n) is 7.15. The highest BCUT2D eigenvalue weighted by Gasteiger charge is 2.32. The molecule has 0 atom stereocenters. The fraction of sp³-hybridized carbons (Fsp3) is 0.345. The van der Waals surface area contributed by atoms with Gasteiger partial charge in [0.1, 0.15) is 10.0 Å². The summed E-state index contributed by atoms with van der Waals surface area (Å²) in [5, 5.41) is 4.85. The normalized spacial score (nSPS) is 18.4. The molecule has 5 rings (SSSR count). The van der Waals surface area contributed by atoms with E-state index in [9.17, 15) is 13.2 Å². The van der Waals surface area contributed by atoms with Gasteiger partial charge in [-0.15, -0.1) is 0 Å². The number of unbranched alkanes of at least 4 members (excludes halogenated alkanes) is 1. The van der Waals surface area contributed by atoms with Crippen LogP contribution in [0, 0.1) is 5.92 Å². The van der Waals surface area contributed by atoms with Crippen molar-refractivity contribution < 1.29 is 13.2 Å². The zero-order valence-electron chi connectivity index (χ0n) is 22.1. The van der Waals surface area contributed by atoms with E-state index in [1.54, 1.807) is 32.1 Å². The van der Waals surface area contributed by atoms with Crippen LogP contribution >= 0.6 is 24.0 Å². The van der Waals surface area contributed by atoms with E-state index in [-0.39, 0.29) is 10.8 Å². The first kappa shape index (κ1) is 27.8. The first-order valence-electron chi connectivity index (χ1n) is 13.3. The SMILES string of the molecule is CCCCN1C(=O)/C(=C/c2cn(-c3ccccc3)nc2-c2cccc(S(=O)(=O)N3CCC(C)CC3)c2)SC1=S. The van der Waals surface area contributed by atoms with E-state index < -0.39 is 10.0 Å². The van der Waals surface area contributed by atoms with Gasteiger partial charge in [-0.1, -0.05) is 74.6 Å². The Morgan fingerprint density at radius 1 is 1.10 bits per heavy atom. The number of hydrogen-bond donors (Lipinski definition) is 0. The van der Waals surface area contributed by atoms with Gasteiger partial charge >= 0.3 is 0 Å². The molecule has 0 aliphatic carbocycles. The zero-order chi connectivity index (χ0) is 27.6. The molecule has 10 heteroatoms. The van der Waals surface area contributed by atoms with Gasteiger partial charge in [0.15, 0.2) is 0 Å². The molecule has 0 spiro atoms. The second-order valence-electron chi connectivity index (χ2n) is 10.0. The van der Waals surface area contributed by atoms with E-state index in [4.69, 9.17) is 17.3 Å². The molecule has 2 saturated heterocycles. The maximum atomic E-state index is 13.5. The average Bonchev–Trinajstić information content (AvgIpc) is 3.48. The quantitative estimate of drug-likeness (QED) is 0.242. The van der Waals surface area contributed by atoms with Crippen molar-refractivity contribution in [3.63, 3.8) is 0 Å². The molecule has 0 bridgehead atoms. The lowest BCUT2D eigenvalue weighted by molar-refractivity contribution is -0.122. The molecule has 2 aliphatic rings. The van der Waals surface area contributed by atoms with Crippen molar-refractivity contribution >= 4 is 50.3 Å². The molecular formula is C29H32N4O3S3. The molecule has 0 radical (unpaired) electrons. The number of benzene rings is 2. The fourth-order valence-electron chi connectivity index (χ4n) is 4.76. The summed E-state index contributed by atoms with van der Waals surface area (Å²) in [5.41, 5.74) is 2.85. The predicted molar refractivity (Wildman–Crippen MR) is 161 cm³/mol. The minimum atomic E-state index is -3.63. The summed E-state index contributed by atoms with van der Waals surface area (Å²) in [6.07, 6.45) is 7.27. The number of carbonyl (C=O) groups is 1. The van der Waals surface area contributed by atoms with Gasteiger partial charge in [0.2, 0.25) is 10.0 Å². The molecule has 0 unspecified atom stereocenters. The number of carbonyl (C=O) groups excluding carboxylic acids is 1. The summed E-state index contributed by atoms with van der Waals surface area (Å²) >= 11 is 6.79. The van der Waals surface area contributed by atoms with Crippen molar-refractivity contribution in [2.75, 3.05) is 19.6 Å². The van der Waals surface area contributed by atoms with E-state index in [2.05, 4.69) is 13.8 Å². The molecule has 3 aromatic rings. The fourth-order valence-corrected chi connectivity index (χ4v) is 7.57. The molecule has 2 aromatic carbocycles. The Morgan fingerprint density at radius 2 is 1.85 bits per heavy atom. The van der Waals surface area contributed by atoms with Crippen LogP contribution in [-0.4, -0.2) is 57.3 Å². The van der Waals surface area contributed by atoms with Crippen molar-refractivity contribution in [1.29, 1.82) is 0 Å². The molecular weight excluding hydrogens is 549 g/mol. The number of nitrogens with zero attached hydrogens (tertiary/aromatic N) is 4. The van der Waals surface area contributed by atoms with Gasteiger partial charge in [-0.3, -0.25) is 9.69 Å². The molecule has 2 aliphatic heterocycles. The number of para-hydroxylation sites is 1. The molecule has 204 valence electrons. The van der Waals surface area contributed by atoms with Gasteiger partial charge in [-0.05, 0) is 55.5 Å². The number of hydrogen-bond acceptors (Lipinski definition) is 6. The smallest absolute Gasteiger partial charge is 0.266 e. The van der Waals surface area contributed by atoms with E-state index in [1.165, 1.54) is 11.8 Å². The Labute approximate surface area is 239 Å². The third-order valence-corrected chi connectivity index (χ3v) is 10.4. The molecule has 0 N–H and O–H groups in total. The number of sulfonamides is 1. The van der Waals surface area contributed by atoms with Gasteiger partial charge in [0.05, 0.1) is 15.5 Å². The van der Waals surface area contributed by atoms with Crippen LogP contribution in [0.2, 0.25) is 0 Å². The van der Waals surface area contributed by atoms with Gasteiger partial charge in [0, 0.05) is 37.0 Å². The Kier molecular flexibility index (Phi) is 8.37.